The summed E-state index contributed by atoms with van der Waals surface area (Å²) in [6.07, 6.45) is 3.78. The van der Waals surface area contributed by atoms with Gasteiger partial charge in [-0.2, -0.15) is 0 Å². The van der Waals surface area contributed by atoms with E-state index in [1.54, 1.807) is 12.1 Å². The van der Waals surface area contributed by atoms with Gasteiger partial charge in [0.25, 0.3) is 0 Å². The van der Waals surface area contributed by atoms with Crippen molar-refractivity contribution in [2.45, 2.75) is 0 Å². The zero-order chi connectivity index (χ0) is 10.6. The van der Waals surface area contributed by atoms with Crippen molar-refractivity contribution < 1.29 is 9.90 Å². The average Bonchev–Trinajstić information content (AvgIpc) is 2.16. The SMILES string of the molecule is O=C(O)c1cc(C=CCBr)ccc1Br. The number of aromatic carboxylic acids is 1. The van der Waals surface area contributed by atoms with Crippen LogP contribution < -0.4 is 0 Å². The van der Waals surface area contributed by atoms with Gasteiger partial charge in [0.2, 0.25) is 0 Å². The molecule has 1 rings (SSSR count). The Hall–Kier alpha value is -0.610. The molecule has 0 bridgehead atoms. The van der Waals surface area contributed by atoms with Crippen molar-refractivity contribution in [2.75, 3.05) is 5.33 Å². The van der Waals surface area contributed by atoms with Crippen molar-refractivity contribution in [3.63, 3.8) is 0 Å². The maximum absolute atomic E-state index is 10.8. The summed E-state index contributed by atoms with van der Waals surface area (Å²) < 4.78 is 0.598. The zero-order valence-corrected chi connectivity index (χ0v) is 10.4. The Morgan fingerprint density at radius 1 is 1.50 bits per heavy atom. The van der Waals surface area contributed by atoms with Gasteiger partial charge in [0.05, 0.1) is 5.56 Å². The molecular formula is C10H8Br2O2. The molecule has 14 heavy (non-hydrogen) atoms. The number of allylic oxidation sites excluding steroid dienone is 1. The van der Waals surface area contributed by atoms with Gasteiger partial charge < -0.3 is 5.11 Å². The molecule has 0 aliphatic rings. The molecule has 0 fully saturated rings. The Morgan fingerprint density at radius 3 is 2.79 bits per heavy atom. The Bertz CT molecular complexity index is 372. The van der Waals surface area contributed by atoms with Gasteiger partial charge in [0, 0.05) is 9.80 Å². The molecule has 0 spiro atoms. The van der Waals surface area contributed by atoms with E-state index >= 15 is 0 Å². The lowest BCUT2D eigenvalue weighted by Gasteiger charge is -2.00. The molecule has 4 heteroatoms. The van der Waals surface area contributed by atoms with Crippen molar-refractivity contribution in [1.29, 1.82) is 0 Å². The maximum Gasteiger partial charge on any atom is 0.336 e. The van der Waals surface area contributed by atoms with Crippen LogP contribution in [0.4, 0.5) is 0 Å². The summed E-state index contributed by atoms with van der Waals surface area (Å²) in [5, 5.41) is 9.61. The van der Waals surface area contributed by atoms with E-state index in [0.29, 0.717) is 4.47 Å². The van der Waals surface area contributed by atoms with E-state index < -0.39 is 5.97 Å². The van der Waals surface area contributed by atoms with Crippen molar-refractivity contribution in [3.8, 4) is 0 Å². The number of hydrogen-bond donors (Lipinski definition) is 1. The third kappa shape index (κ3) is 2.96. The molecule has 1 N–H and O–H groups in total. The third-order valence-corrected chi connectivity index (χ3v) is 2.69. The van der Waals surface area contributed by atoms with Gasteiger partial charge in [-0.1, -0.05) is 34.1 Å². The van der Waals surface area contributed by atoms with Crippen LogP contribution in [0, 0.1) is 0 Å². The van der Waals surface area contributed by atoms with Crippen LogP contribution in [0.25, 0.3) is 6.08 Å². The number of hydrogen-bond acceptors (Lipinski definition) is 1. The second kappa shape index (κ2) is 5.32. The van der Waals surface area contributed by atoms with Crippen LogP contribution in [0.15, 0.2) is 28.7 Å². The average molecular weight is 320 g/mol. The van der Waals surface area contributed by atoms with E-state index in [0.717, 1.165) is 10.9 Å². The summed E-state index contributed by atoms with van der Waals surface area (Å²) in [6.45, 7) is 0. The first kappa shape index (κ1) is 11.5. The standard InChI is InChI=1S/C10H8Br2O2/c11-5-1-2-7-3-4-9(12)8(6-7)10(13)14/h1-4,6H,5H2,(H,13,14). The highest BCUT2D eigenvalue weighted by Crippen LogP contribution is 2.19. The smallest absolute Gasteiger partial charge is 0.336 e. The highest BCUT2D eigenvalue weighted by Gasteiger charge is 2.07. The van der Waals surface area contributed by atoms with E-state index in [-0.39, 0.29) is 5.56 Å². The third-order valence-electron chi connectivity index (χ3n) is 1.62. The molecule has 0 aliphatic carbocycles. The first-order chi connectivity index (χ1) is 6.65. The molecule has 1 aromatic carbocycles. The van der Waals surface area contributed by atoms with Gasteiger partial charge in [-0.25, -0.2) is 4.79 Å². The Balaban J connectivity index is 3.06. The van der Waals surface area contributed by atoms with Gasteiger partial charge >= 0.3 is 5.97 Å². The molecule has 0 saturated heterocycles. The minimum absolute atomic E-state index is 0.279. The highest BCUT2D eigenvalue weighted by atomic mass is 79.9. The summed E-state index contributed by atoms with van der Waals surface area (Å²) in [6, 6.07) is 5.22. The lowest BCUT2D eigenvalue weighted by Crippen LogP contribution is -1.97. The monoisotopic (exact) mass is 318 g/mol. The molecule has 0 atom stereocenters. The highest BCUT2D eigenvalue weighted by molar-refractivity contribution is 9.10. The number of benzene rings is 1. The molecule has 0 saturated carbocycles. The van der Waals surface area contributed by atoms with Crippen LogP contribution >= 0.6 is 31.9 Å². The van der Waals surface area contributed by atoms with E-state index in [4.69, 9.17) is 5.11 Å². The quantitative estimate of drug-likeness (QED) is 0.865. The van der Waals surface area contributed by atoms with Crippen LogP contribution in [-0.4, -0.2) is 16.4 Å². The first-order valence-electron chi connectivity index (χ1n) is 3.90. The lowest BCUT2D eigenvalue weighted by atomic mass is 10.1. The molecule has 0 radical (unpaired) electrons. The normalized spacial score (nSPS) is 10.7. The van der Waals surface area contributed by atoms with E-state index in [1.807, 2.05) is 18.2 Å². The molecule has 74 valence electrons. The summed E-state index contributed by atoms with van der Waals surface area (Å²) in [4.78, 5) is 10.8. The predicted molar refractivity (Wildman–Crippen MR) is 63.9 cm³/mol. The van der Waals surface area contributed by atoms with Crippen LogP contribution in [-0.2, 0) is 0 Å². The van der Waals surface area contributed by atoms with Crippen molar-refractivity contribution in [2.24, 2.45) is 0 Å². The maximum atomic E-state index is 10.8. The Kier molecular flexibility index (Phi) is 4.35. The van der Waals surface area contributed by atoms with E-state index in [1.165, 1.54) is 0 Å². The number of rotatable bonds is 3. The van der Waals surface area contributed by atoms with Crippen molar-refractivity contribution in [1.82, 2.24) is 0 Å². The summed E-state index contributed by atoms with van der Waals surface area (Å²) in [5.41, 5.74) is 1.16. The van der Waals surface area contributed by atoms with Gasteiger partial charge in [-0.15, -0.1) is 0 Å². The number of halogens is 2. The fourth-order valence-electron chi connectivity index (χ4n) is 0.991. The summed E-state index contributed by atoms with van der Waals surface area (Å²) in [5.74, 6) is -0.925. The fraction of sp³-hybridized carbons (Fsp3) is 0.100. The number of alkyl halides is 1. The van der Waals surface area contributed by atoms with E-state index in [2.05, 4.69) is 31.9 Å². The van der Waals surface area contributed by atoms with E-state index in [9.17, 15) is 4.79 Å². The summed E-state index contributed by atoms with van der Waals surface area (Å²) in [7, 11) is 0. The minimum atomic E-state index is -0.925. The molecular weight excluding hydrogens is 312 g/mol. The van der Waals surface area contributed by atoms with Crippen molar-refractivity contribution in [3.05, 3.63) is 39.9 Å². The van der Waals surface area contributed by atoms with Crippen LogP contribution in [0.5, 0.6) is 0 Å². The topological polar surface area (TPSA) is 37.3 Å². The minimum Gasteiger partial charge on any atom is -0.478 e. The Morgan fingerprint density at radius 2 is 2.21 bits per heavy atom. The van der Waals surface area contributed by atoms with Gasteiger partial charge in [0.15, 0.2) is 0 Å². The molecule has 0 unspecified atom stereocenters. The predicted octanol–water partition coefficient (Wildman–Crippen LogP) is 3.56. The molecule has 0 aliphatic heterocycles. The van der Waals surface area contributed by atoms with Gasteiger partial charge in [0.1, 0.15) is 0 Å². The molecule has 0 heterocycles. The van der Waals surface area contributed by atoms with Crippen LogP contribution in [0.2, 0.25) is 0 Å². The lowest BCUT2D eigenvalue weighted by molar-refractivity contribution is 0.0696. The van der Waals surface area contributed by atoms with Crippen LogP contribution in [0.3, 0.4) is 0 Å². The van der Waals surface area contributed by atoms with Gasteiger partial charge in [-0.05, 0) is 33.6 Å². The Labute approximate surface area is 98.9 Å². The molecule has 0 aromatic heterocycles. The van der Waals surface area contributed by atoms with Gasteiger partial charge in [-0.3, -0.25) is 0 Å². The molecule has 0 amide bonds. The fourth-order valence-corrected chi connectivity index (χ4v) is 1.59. The van der Waals surface area contributed by atoms with Crippen molar-refractivity contribution >= 4 is 43.9 Å². The molecule has 2 nitrogen and oxygen atoms in total. The second-order valence-electron chi connectivity index (χ2n) is 2.60. The number of carbonyl (C=O) groups is 1. The summed E-state index contributed by atoms with van der Waals surface area (Å²) >= 11 is 6.44. The number of carboxylic acid groups (broad SMARTS) is 1. The largest absolute Gasteiger partial charge is 0.478 e. The molecule has 1 aromatic rings. The number of carboxylic acids is 1. The van der Waals surface area contributed by atoms with Crippen LogP contribution in [0.1, 0.15) is 15.9 Å². The zero-order valence-electron chi connectivity index (χ0n) is 7.21. The second-order valence-corrected chi connectivity index (χ2v) is 4.10. The first-order valence-corrected chi connectivity index (χ1v) is 5.82.